The molecule has 0 spiro atoms. The summed E-state index contributed by atoms with van der Waals surface area (Å²) in [6.07, 6.45) is 0. The summed E-state index contributed by atoms with van der Waals surface area (Å²) in [6.45, 7) is 2.68. The Bertz CT molecular complexity index is 1030. The first kappa shape index (κ1) is 19.2. The van der Waals surface area contributed by atoms with Gasteiger partial charge in [0.15, 0.2) is 5.82 Å². The number of halogens is 1. The first-order chi connectivity index (χ1) is 13.5. The number of piperazine rings is 1. The Morgan fingerprint density at radius 2 is 1.61 bits per heavy atom. The van der Waals surface area contributed by atoms with Crippen LogP contribution in [0, 0.1) is 0 Å². The second-order valence-corrected chi connectivity index (χ2v) is 9.33. The zero-order valence-corrected chi connectivity index (χ0v) is 17.4. The summed E-state index contributed by atoms with van der Waals surface area (Å²) in [6, 6.07) is 16.4. The zero-order valence-electron chi connectivity index (χ0n) is 15.0. The summed E-state index contributed by atoms with van der Waals surface area (Å²) >= 11 is 3.33. The Morgan fingerprint density at radius 1 is 0.929 bits per heavy atom. The molecule has 0 unspecified atom stereocenters. The van der Waals surface area contributed by atoms with E-state index in [4.69, 9.17) is 0 Å². The molecular weight excluding hydrogens is 444 g/mol. The predicted molar refractivity (Wildman–Crippen MR) is 107 cm³/mol. The Labute approximate surface area is 171 Å². The van der Waals surface area contributed by atoms with Gasteiger partial charge in [0.25, 0.3) is 0 Å². The molecule has 0 atom stereocenters. The van der Waals surface area contributed by atoms with Crippen molar-refractivity contribution in [2.24, 2.45) is 0 Å². The van der Waals surface area contributed by atoms with E-state index in [1.807, 2.05) is 30.3 Å². The van der Waals surface area contributed by atoms with Crippen molar-refractivity contribution in [2.75, 3.05) is 26.2 Å². The smallest absolute Gasteiger partial charge is 0.243 e. The molecule has 0 radical (unpaired) electrons. The van der Waals surface area contributed by atoms with Gasteiger partial charge in [0.1, 0.15) is 0 Å². The van der Waals surface area contributed by atoms with E-state index < -0.39 is 10.0 Å². The van der Waals surface area contributed by atoms with Gasteiger partial charge in [-0.3, -0.25) is 4.90 Å². The summed E-state index contributed by atoms with van der Waals surface area (Å²) in [5.41, 5.74) is 0.902. The lowest BCUT2D eigenvalue weighted by Crippen LogP contribution is -2.48. The van der Waals surface area contributed by atoms with E-state index in [9.17, 15) is 8.42 Å². The fourth-order valence-corrected chi connectivity index (χ4v) is 4.84. The third kappa shape index (κ3) is 4.00. The number of hydrogen-bond donors (Lipinski definition) is 0. The molecular formula is C18H19BrN6O2S. The number of aromatic nitrogens is 4. The molecule has 0 N–H and O–H groups in total. The lowest BCUT2D eigenvalue weighted by atomic mass is 10.3. The highest BCUT2D eigenvalue weighted by Gasteiger charge is 2.29. The molecule has 2 heterocycles. The molecule has 1 aliphatic rings. The van der Waals surface area contributed by atoms with Gasteiger partial charge in [0.05, 0.1) is 17.1 Å². The van der Waals surface area contributed by atoms with Crippen molar-refractivity contribution in [1.29, 1.82) is 0 Å². The SMILES string of the molecule is O=S(=O)(c1ccc(Br)cc1)N1CCN(Cc2nnnn2-c2ccccc2)CC1. The zero-order chi connectivity index (χ0) is 19.6. The highest BCUT2D eigenvalue weighted by Crippen LogP contribution is 2.20. The van der Waals surface area contributed by atoms with Gasteiger partial charge in [-0.15, -0.1) is 5.10 Å². The third-order valence-electron chi connectivity index (χ3n) is 4.68. The highest BCUT2D eigenvalue weighted by molar-refractivity contribution is 9.10. The van der Waals surface area contributed by atoms with E-state index in [-0.39, 0.29) is 0 Å². The maximum atomic E-state index is 12.8. The number of nitrogens with zero attached hydrogens (tertiary/aromatic N) is 6. The van der Waals surface area contributed by atoms with Crippen LogP contribution in [-0.4, -0.2) is 64.0 Å². The molecule has 1 saturated heterocycles. The molecule has 0 bridgehead atoms. The van der Waals surface area contributed by atoms with Gasteiger partial charge in [-0.25, -0.2) is 8.42 Å². The minimum absolute atomic E-state index is 0.317. The van der Waals surface area contributed by atoms with E-state index in [0.717, 1.165) is 16.0 Å². The van der Waals surface area contributed by atoms with Crippen molar-refractivity contribution >= 4 is 26.0 Å². The Hall–Kier alpha value is -2.14. The molecule has 10 heteroatoms. The van der Waals surface area contributed by atoms with Gasteiger partial charge in [0, 0.05) is 30.7 Å². The summed E-state index contributed by atoms with van der Waals surface area (Å²) in [7, 11) is -3.48. The summed E-state index contributed by atoms with van der Waals surface area (Å²) in [5, 5.41) is 12.0. The third-order valence-corrected chi connectivity index (χ3v) is 7.12. The standard InChI is InChI=1S/C18H19BrN6O2S/c19-15-6-8-17(9-7-15)28(26,27)24-12-10-23(11-13-24)14-18-20-21-22-25(18)16-4-2-1-3-5-16/h1-9H,10-14H2. The van der Waals surface area contributed by atoms with Crippen LogP contribution in [0.3, 0.4) is 0 Å². The van der Waals surface area contributed by atoms with Crippen LogP contribution in [0.5, 0.6) is 0 Å². The molecule has 0 saturated carbocycles. The Morgan fingerprint density at radius 3 is 2.29 bits per heavy atom. The Kier molecular flexibility index (Phi) is 5.54. The maximum absolute atomic E-state index is 12.8. The number of benzene rings is 2. The Balaban J connectivity index is 1.42. The highest BCUT2D eigenvalue weighted by atomic mass is 79.9. The predicted octanol–water partition coefficient (Wildman–Crippen LogP) is 1.93. The summed E-state index contributed by atoms with van der Waals surface area (Å²) in [4.78, 5) is 2.48. The first-order valence-corrected chi connectivity index (χ1v) is 11.1. The number of sulfonamides is 1. The van der Waals surface area contributed by atoms with Crippen LogP contribution in [0.15, 0.2) is 64.0 Å². The molecule has 2 aromatic carbocycles. The quantitative estimate of drug-likeness (QED) is 0.575. The van der Waals surface area contributed by atoms with Crippen molar-refractivity contribution in [3.8, 4) is 5.69 Å². The van der Waals surface area contributed by atoms with Crippen molar-refractivity contribution in [2.45, 2.75) is 11.4 Å². The number of para-hydroxylation sites is 1. The monoisotopic (exact) mass is 462 g/mol. The lowest BCUT2D eigenvalue weighted by molar-refractivity contribution is 0.177. The molecule has 0 amide bonds. The topological polar surface area (TPSA) is 84.2 Å². The fraction of sp³-hybridized carbons (Fsp3) is 0.278. The molecule has 0 aliphatic carbocycles. The van der Waals surface area contributed by atoms with Crippen LogP contribution in [-0.2, 0) is 16.6 Å². The van der Waals surface area contributed by atoms with Crippen molar-refractivity contribution in [3.05, 3.63) is 64.9 Å². The van der Waals surface area contributed by atoms with E-state index in [1.165, 1.54) is 4.31 Å². The average molecular weight is 463 g/mol. The molecule has 4 rings (SSSR count). The molecule has 8 nitrogen and oxygen atoms in total. The minimum Gasteiger partial charge on any atom is -0.293 e. The van der Waals surface area contributed by atoms with Gasteiger partial charge in [-0.1, -0.05) is 34.1 Å². The largest absolute Gasteiger partial charge is 0.293 e. The summed E-state index contributed by atoms with van der Waals surface area (Å²) in [5.74, 6) is 0.732. The van der Waals surface area contributed by atoms with E-state index in [2.05, 4.69) is 36.4 Å². The van der Waals surface area contributed by atoms with Gasteiger partial charge in [0.2, 0.25) is 10.0 Å². The fourth-order valence-electron chi connectivity index (χ4n) is 3.16. The number of tetrazole rings is 1. The van der Waals surface area contributed by atoms with Gasteiger partial charge < -0.3 is 0 Å². The van der Waals surface area contributed by atoms with Crippen LogP contribution in [0.4, 0.5) is 0 Å². The second kappa shape index (κ2) is 8.08. The lowest BCUT2D eigenvalue weighted by Gasteiger charge is -2.33. The molecule has 3 aromatic rings. The minimum atomic E-state index is -3.48. The van der Waals surface area contributed by atoms with Gasteiger partial charge in [-0.2, -0.15) is 8.99 Å². The first-order valence-electron chi connectivity index (χ1n) is 8.85. The van der Waals surface area contributed by atoms with E-state index in [0.29, 0.717) is 37.6 Å². The molecule has 1 aliphatic heterocycles. The average Bonchev–Trinajstić information content (AvgIpc) is 3.17. The summed E-state index contributed by atoms with van der Waals surface area (Å²) < 4.78 is 29.7. The molecule has 146 valence electrons. The van der Waals surface area contributed by atoms with Crippen molar-refractivity contribution in [3.63, 3.8) is 0 Å². The van der Waals surface area contributed by atoms with Crippen LogP contribution in [0.2, 0.25) is 0 Å². The van der Waals surface area contributed by atoms with Gasteiger partial charge in [-0.05, 0) is 46.8 Å². The normalized spacial score (nSPS) is 16.3. The van der Waals surface area contributed by atoms with E-state index >= 15 is 0 Å². The van der Waals surface area contributed by atoms with Crippen LogP contribution in [0.1, 0.15) is 5.82 Å². The van der Waals surface area contributed by atoms with Crippen LogP contribution in [0.25, 0.3) is 5.69 Å². The number of hydrogen-bond acceptors (Lipinski definition) is 6. The van der Waals surface area contributed by atoms with Gasteiger partial charge >= 0.3 is 0 Å². The van der Waals surface area contributed by atoms with Crippen molar-refractivity contribution < 1.29 is 8.42 Å². The van der Waals surface area contributed by atoms with Crippen LogP contribution < -0.4 is 0 Å². The maximum Gasteiger partial charge on any atom is 0.243 e. The second-order valence-electron chi connectivity index (χ2n) is 6.48. The van der Waals surface area contributed by atoms with Crippen LogP contribution >= 0.6 is 15.9 Å². The molecule has 28 heavy (non-hydrogen) atoms. The van der Waals surface area contributed by atoms with E-state index in [1.54, 1.807) is 28.9 Å². The number of rotatable bonds is 5. The molecule has 1 fully saturated rings. The molecule has 1 aromatic heterocycles. The van der Waals surface area contributed by atoms with Crippen molar-refractivity contribution in [1.82, 2.24) is 29.4 Å².